The van der Waals surface area contributed by atoms with Gasteiger partial charge in [0.2, 0.25) is 5.91 Å². The summed E-state index contributed by atoms with van der Waals surface area (Å²) in [6.45, 7) is 8.87. The summed E-state index contributed by atoms with van der Waals surface area (Å²) in [5.41, 5.74) is 4.39. The van der Waals surface area contributed by atoms with E-state index in [9.17, 15) is 19.5 Å². The number of carbonyl (C=O) groups excluding carboxylic acids is 3. The number of hydrogen-bond acceptors (Lipinski definition) is 9. The van der Waals surface area contributed by atoms with Gasteiger partial charge in [-0.1, -0.05) is 87.9 Å². The van der Waals surface area contributed by atoms with Crippen LogP contribution in [0.5, 0.6) is 0 Å². The number of carbonyl (C=O) groups is 3. The molecule has 2 aromatic heterocycles. The number of benzene rings is 2. The Morgan fingerprint density at radius 1 is 0.922 bits per heavy atom. The lowest BCUT2D eigenvalue weighted by Gasteiger charge is -2.29. The molecule has 274 valence electrons. The molecule has 11 nitrogen and oxygen atoms in total. The first-order valence-electron chi connectivity index (χ1n) is 17.5. The molecular formula is C38H50N6O5S2. The number of urea groups is 1. The number of hydrogen-bond donors (Lipinski definition) is 4. The first-order valence-corrected chi connectivity index (χ1v) is 19.2. The van der Waals surface area contributed by atoms with Gasteiger partial charge < -0.3 is 30.7 Å². The number of nitrogens with zero attached hydrogens (tertiary/aromatic N) is 3. The molecule has 0 aliphatic heterocycles. The van der Waals surface area contributed by atoms with Crippen LogP contribution in [0.25, 0.3) is 0 Å². The highest BCUT2D eigenvalue weighted by Crippen LogP contribution is 2.20. The number of thiazole rings is 2. The van der Waals surface area contributed by atoms with Crippen LogP contribution in [-0.2, 0) is 35.5 Å². The predicted octanol–water partition coefficient (Wildman–Crippen LogP) is 6.44. The van der Waals surface area contributed by atoms with Crippen LogP contribution >= 0.6 is 22.7 Å². The zero-order valence-electron chi connectivity index (χ0n) is 29.8. The quantitative estimate of drug-likeness (QED) is 0.0868. The second-order valence-electron chi connectivity index (χ2n) is 13.0. The summed E-state index contributed by atoms with van der Waals surface area (Å²) in [6, 6.07) is 16.8. The lowest BCUT2D eigenvalue weighted by Crippen LogP contribution is -2.53. The van der Waals surface area contributed by atoms with Gasteiger partial charge in [-0.2, -0.15) is 0 Å². The van der Waals surface area contributed by atoms with Gasteiger partial charge in [0.15, 0.2) is 0 Å². The van der Waals surface area contributed by atoms with Crippen LogP contribution in [0.3, 0.4) is 0 Å². The van der Waals surface area contributed by atoms with E-state index in [1.165, 1.54) is 11.3 Å². The van der Waals surface area contributed by atoms with E-state index in [1.54, 1.807) is 34.9 Å². The third kappa shape index (κ3) is 13.4. The minimum absolute atomic E-state index is 0.0690. The fourth-order valence-corrected chi connectivity index (χ4v) is 6.80. The molecule has 0 fully saturated rings. The number of aromatic nitrogens is 2. The molecule has 0 spiro atoms. The molecule has 1 unspecified atom stereocenters. The third-order valence-corrected chi connectivity index (χ3v) is 10.3. The highest BCUT2D eigenvalue weighted by atomic mass is 32.1. The molecule has 0 bridgehead atoms. The van der Waals surface area contributed by atoms with Crippen molar-refractivity contribution < 1.29 is 24.2 Å². The van der Waals surface area contributed by atoms with Crippen molar-refractivity contribution in [3.63, 3.8) is 0 Å². The minimum atomic E-state index is -1.04. The van der Waals surface area contributed by atoms with Gasteiger partial charge in [0, 0.05) is 30.1 Å². The van der Waals surface area contributed by atoms with E-state index < -0.39 is 30.3 Å². The van der Waals surface area contributed by atoms with Gasteiger partial charge in [0.05, 0.1) is 39.8 Å². The Morgan fingerprint density at radius 2 is 1.61 bits per heavy atom. The van der Waals surface area contributed by atoms with Crippen LogP contribution in [0.4, 0.5) is 9.59 Å². The Kier molecular flexibility index (Phi) is 15.9. The van der Waals surface area contributed by atoms with Crippen LogP contribution in [0, 0.1) is 0 Å². The fraction of sp³-hybridized carbons (Fsp3) is 0.447. The van der Waals surface area contributed by atoms with Crippen molar-refractivity contribution in [3.8, 4) is 0 Å². The summed E-state index contributed by atoms with van der Waals surface area (Å²) in [7, 11) is 0. The van der Waals surface area contributed by atoms with Gasteiger partial charge in [-0.25, -0.2) is 14.6 Å². The largest absolute Gasteiger partial charge is 0.444 e. The van der Waals surface area contributed by atoms with E-state index in [0.29, 0.717) is 31.8 Å². The molecule has 4 rings (SSSR count). The molecule has 4 atom stereocenters. The maximum absolute atomic E-state index is 13.6. The maximum atomic E-state index is 13.6. The molecule has 51 heavy (non-hydrogen) atoms. The predicted molar refractivity (Wildman–Crippen MR) is 202 cm³/mol. The van der Waals surface area contributed by atoms with Crippen molar-refractivity contribution in [2.75, 3.05) is 6.54 Å². The average Bonchev–Trinajstić information content (AvgIpc) is 3.82. The lowest BCUT2D eigenvalue weighted by molar-refractivity contribution is -0.123. The van der Waals surface area contributed by atoms with Crippen LogP contribution in [0.1, 0.15) is 79.6 Å². The van der Waals surface area contributed by atoms with Crippen molar-refractivity contribution in [1.82, 2.24) is 30.8 Å². The Balaban J connectivity index is 1.44. The van der Waals surface area contributed by atoms with Crippen LogP contribution in [-0.4, -0.2) is 68.8 Å². The molecule has 4 aromatic rings. The second-order valence-corrected chi connectivity index (χ2v) is 14.8. The van der Waals surface area contributed by atoms with E-state index in [0.717, 1.165) is 39.5 Å². The Labute approximate surface area is 308 Å². The maximum Gasteiger partial charge on any atom is 0.407 e. The Bertz CT molecular complexity index is 1620. The summed E-state index contributed by atoms with van der Waals surface area (Å²) in [5.74, 6) is -0.0701. The van der Waals surface area contributed by atoms with Crippen molar-refractivity contribution >= 4 is 40.7 Å². The molecule has 0 saturated heterocycles. The molecule has 0 radical (unpaired) electrons. The van der Waals surface area contributed by atoms with Gasteiger partial charge in [-0.05, 0) is 43.7 Å². The van der Waals surface area contributed by atoms with Gasteiger partial charge in [0.25, 0.3) is 0 Å². The molecule has 2 heterocycles. The molecule has 13 heteroatoms. The number of rotatable bonds is 19. The normalized spacial score (nSPS) is 13.5. The SMILES string of the molecule is CCCCN(Cc1csc(C(C)C)n1)C(=O)NC(C)C(=O)N[C@@H](Cc1ccccc1)C[C@H](O)[C@H](Cc1ccccc1)NC(=O)OCc1cncs1. The fourth-order valence-electron chi connectivity index (χ4n) is 5.47. The third-order valence-electron chi connectivity index (χ3n) is 8.31. The van der Waals surface area contributed by atoms with Crippen molar-refractivity contribution in [1.29, 1.82) is 0 Å². The highest BCUT2D eigenvalue weighted by molar-refractivity contribution is 7.09. The first-order chi connectivity index (χ1) is 24.6. The molecular weight excluding hydrogens is 685 g/mol. The molecule has 4 amide bonds. The van der Waals surface area contributed by atoms with Crippen molar-refractivity contribution in [2.24, 2.45) is 0 Å². The average molecular weight is 735 g/mol. The van der Waals surface area contributed by atoms with Gasteiger partial charge >= 0.3 is 12.1 Å². The standard InChI is InChI=1S/C38H50N6O5S2/c1-5-6-17-44(22-31-24-50-36(42-31)26(2)3)37(47)40-27(4)35(46)41-30(18-28-13-9-7-10-14-28)20-34(45)33(19-29-15-11-8-12-16-29)43-38(48)49-23-32-21-39-25-51-32/h7-16,21,24-27,30,33-34,45H,5-6,17-20,22-23H2,1-4H3,(H,40,47)(H,41,46)(H,43,48)/t27?,30-,33-,34-/m0/s1. The zero-order chi connectivity index (χ0) is 36.6. The highest BCUT2D eigenvalue weighted by Gasteiger charge is 2.29. The molecule has 2 aromatic carbocycles. The molecule has 0 aliphatic rings. The molecule has 0 aliphatic carbocycles. The van der Waals surface area contributed by atoms with E-state index in [1.807, 2.05) is 66.0 Å². The van der Waals surface area contributed by atoms with Crippen molar-refractivity contribution in [3.05, 3.63) is 104 Å². The van der Waals surface area contributed by atoms with Gasteiger partial charge in [0.1, 0.15) is 12.6 Å². The summed E-state index contributed by atoms with van der Waals surface area (Å²) < 4.78 is 5.42. The smallest absolute Gasteiger partial charge is 0.407 e. The molecule has 0 saturated carbocycles. The van der Waals surface area contributed by atoms with Crippen LogP contribution < -0.4 is 16.0 Å². The number of nitrogens with one attached hydrogen (secondary N) is 3. The number of amides is 4. The number of aliphatic hydroxyl groups excluding tert-OH is 1. The summed E-state index contributed by atoms with van der Waals surface area (Å²) >= 11 is 2.97. The van der Waals surface area contributed by atoms with Gasteiger partial charge in [-0.3, -0.25) is 9.78 Å². The van der Waals surface area contributed by atoms with Crippen LogP contribution in [0.2, 0.25) is 0 Å². The monoisotopic (exact) mass is 734 g/mol. The number of ether oxygens (including phenoxy) is 1. The van der Waals surface area contributed by atoms with E-state index >= 15 is 0 Å². The summed E-state index contributed by atoms with van der Waals surface area (Å²) in [6.07, 6.45) is 2.60. The minimum Gasteiger partial charge on any atom is -0.444 e. The number of aliphatic hydroxyl groups is 1. The first kappa shape index (κ1) is 39.5. The number of unbranched alkanes of at least 4 members (excludes halogenated alkanes) is 1. The Morgan fingerprint density at radius 3 is 2.22 bits per heavy atom. The Hall–Kier alpha value is -4.33. The van der Waals surface area contributed by atoms with Crippen molar-refractivity contribution in [2.45, 2.75) is 103 Å². The zero-order valence-corrected chi connectivity index (χ0v) is 31.4. The summed E-state index contributed by atoms with van der Waals surface area (Å²) in [4.78, 5) is 51.2. The lowest BCUT2D eigenvalue weighted by atomic mass is 9.93. The molecule has 4 N–H and O–H groups in total. The summed E-state index contributed by atoms with van der Waals surface area (Å²) in [5, 5.41) is 23.4. The van der Waals surface area contributed by atoms with E-state index in [4.69, 9.17) is 9.72 Å². The topological polar surface area (TPSA) is 146 Å². The van der Waals surface area contributed by atoms with E-state index in [2.05, 4.69) is 41.7 Å². The van der Waals surface area contributed by atoms with Crippen LogP contribution in [0.15, 0.2) is 77.8 Å². The van der Waals surface area contributed by atoms with Gasteiger partial charge in [-0.15, -0.1) is 22.7 Å². The van der Waals surface area contributed by atoms with E-state index in [-0.39, 0.29) is 25.0 Å². The second kappa shape index (κ2) is 20.5. The number of alkyl carbamates (subject to hydrolysis) is 1.